The fourth-order valence-electron chi connectivity index (χ4n) is 3.72. The first-order valence-electron chi connectivity index (χ1n) is 9.95. The number of aromatic nitrogens is 3. The van der Waals surface area contributed by atoms with Crippen LogP contribution in [0.3, 0.4) is 0 Å². The Balaban J connectivity index is 1.51. The fraction of sp³-hybridized carbons (Fsp3) is 0.381. The van der Waals surface area contributed by atoms with E-state index in [0.717, 1.165) is 18.9 Å². The number of nitrogens with one attached hydrogen (secondary N) is 2. The van der Waals surface area contributed by atoms with E-state index >= 15 is 0 Å². The second kappa shape index (κ2) is 8.35. The molecule has 0 saturated heterocycles. The summed E-state index contributed by atoms with van der Waals surface area (Å²) in [6.07, 6.45) is 5.64. The number of aliphatic hydroxyl groups is 1. The van der Waals surface area contributed by atoms with E-state index in [1.165, 1.54) is 22.8 Å². The summed E-state index contributed by atoms with van der Waals surface area (Å²) >= 11 is 0. The number of hydrogen-bond donors (Lipinski definition) is 3. The van der Waals surface area contributed by atoms with Crippen LogP contribution >= 0.6 is 0 Å². The van der Waals surface area contributed by atoms with Crippen molar-refractivity contribution in [2.45, 2.75) is 50.8 Å². The zero-order valence-electron chi connectivity index (χ0n) is 16.5. The van der Waals surface area contributed by atoms with Crippen molar-refractivity contribution in [1.82, 2.24) is 19.9 Å². The van der Waals surface area contributed by atoms with Gasteiger partial charge in [-0.3, -0.25) is 4.79 Å². The predicted molar refractivity (Wildman–Crippen MR) is 107 cm³/mol. The largest absolute Gasteiger partial charge is 0.393 e. The lowest BCUT2D eigenvalue weighted by molar-refractivity contribution is 0.0869. The molecule has 1 fully saturated rings. The number of hydrogen-bond acceptors (Lipinski definition) is 5. The Labute approximate surface area is 172 Å². The number of anilines is 1. The number of nitrogens with zero attached hydrogens (tertiary/aromatic N) is 3. The second-order valence-electron chi connectivity index (χ2n) is 7.69. The molecule has 2 heterocycles. The molecule has 1 unspecified atom stereocenters. The first-order valence-corrected chi connectivity index (χ1v) is 9.95. The number of carbonyl (C=O) groups is 1. The van der Waals surface area contributed by atoms with Crippen LogP contribution < -0.4 is 10.6 Å². The maximum Gasteiger partial charge on any atom is 0.256 e. The highest BCUT2D eigenvalue weighted by Crippen LogP contribution is 2.22. The van der Waals surface area contributed by atoms with Crippen molar-refractivity contribution >= 4 is 17.4 Å². The van der Waals surface area contributed by atoms with Gasteiger partial charge in [0.1, 0.15) is 23.0 Å². The zero-order valence-corrected chi connectivity index (χ0v) is 16.5. The third-order valence-corrected chi connectivity index (χ3v) is 5.39. The van der Waals surface area contributed by atoms with Crippen LogP contribution in [0, 0.1) is 11.6 Å². The van der Waals surface area contributed by atoms with E-state index in [4.69, 9.17) is 0 Å². The third kappa shape index (κ3) is 4.40. The molecule has 0 aliphatic heterocycles. The van der Waals surface area contributed by atoms with Crippen LogP contribution in [0.2, 0.25) is 0 Å². The summed E-state index contributed by atoms with van der Waals surface area (Å²) in [6.45, 7) is 1.77. The zero-order chi connectivity index (χ0) is 21.3. The highest BCUT2D eigenvalue weighted by atomic mass is 19.1. The molecule has 0 spiro atoms. The number of fused-ring (bicyclic) bond motifs is 1. The minimum absolute atomic E-state index is 0.0139. The van der Waals surface area contributed by atoms with Gasteiger partial charge in [-0.15, -0.1) is 0 Å². The minimum Gasteiger partial charge on any atom is -0.393 e. The van der Waals surface area contributed by atoms with Gasteiger partial charge in [0.2, 0.25) is 0 Å². The Morgan fingerprint density at radius 1 is 1.20 bits per heavy atom. The number of rotatable bonds is 5. The van der Waals surface area contributed by atoms with Crippen LogP contribution in [-0.4, -0.2) is 37.8 Å². The molecule has 3 aromatic rings. The molecule has 30 heavy (non-hydrogen) atoms. The van der Waals surface area contributed by atoms with Gasteiger partial charge in [0, 0.05) is 18.3 Å². The van der Waals surface area contributed by atoms with Crippen LogP contribution in [0.1, 0.15) is 54.6 Å². The third-order valence-electron chi connectivity index (χ3n) is 5.39. The summed E-state index contributed by atoms with van der Waals surface area (Å²) in [5.74, 6) is -1.11. The van der Waals surface area contributed by atoms with E-state index < -0.39 is 17.7 Å². The Morgan fingerprint density at radius 3 is 2.60 bits per heavy atom. The summed E-state index contributed by atoms with van der Waals surface area (Å²) in [5.41, 5.74) is 1.17. The molecule has 3 N–H and O–H groups in total. The van der Waals surface area contributed by atoms with Crippen molar-refractivity contribution in [1.29, 1.82) is 0 Å². The molecule has 1 aliphatic rings. The predicted octanol–water partition coefficient (Wildman–Crippen LogP) is 3.21. The lowest BCUT2D eigenvalue weighted by Gasteiger charge is -2.25. The van der Waals surface area contributed by atoms with Crippen LogP contribution in [0.5, 0.6) is 0 Å². The van der Waals surface area contributed by atoms with Gasteiger partial charge < -0.3 is 15.7 Å². The first-order chi connectivity index (χ1) is 14.4. The summed E-state index contributed by atoms with van der Waals surface area (Å²) in [5, 5.41) is 19.9. The van der Waals surface area contributed by atoms with Crippen LogP contribution in [-0.2, 0) is 0 Å². The van der Waals surface area contributed by atoms with E-state index in [9.17, 15) is 18.7 Å². The standard InChI is InChI=1S/C21H23F2N5O2/c1-12(13-8-14(22)10-15(23)9-13)25-19-6-7-28-20(27-19)18(11-24-28)21(30)26-16-2-4-17(29)5-3-16/h6-12,16-17,29H,2-5H2,1H3,(H,25,27)(H,26,30). The van der Waals surface area contributed by atoms with Crippen molar-refractivity contribution in [2.24, 2.45) is 0 Å². The average Bonchev–Trinajstić information content (AvgIpc) is 3.12. The Hall–Kier alpha value is -3.07. The maximum atomic E-state index is 13.5. The van der Waals surface area contributed by atoms with E-state index in [1.54, 1.807) is 19.2 Å². The number of benzene rings is 1. The molecular formula is C21H23F2N5O2. The molecule has 1 atom stereocenters. The Kier molecular flexibility index (Phi) is 5.63. The molecule has 9 heteroatoms. The van der Waals surface area contributed by atoms with Gasteiger partial charge in [-0.1, -0.05) is 0 Å². The number of halogens is 2. The number of aliphatic hydroxyl groups excluding tert-OH is 1. The van der Waals surface area contributed by atoms with E-state index in [0.29, 0.717) is 35.4 Å². The summed E-state index contributed by atoms with van der Waals surface area (Å²) < 4.78 is 28.5. The molecule has 1 amide bonds. The van der Waals surface area contributed by atoms with Crippen molar-refractivity contribution in [3.8, 4) is 0 Å². The lowest BCUT2D eigenvalue weighted by Crippen LogP contribution is -2.38. The maximum absolute atomic E-state index is 13.5. The van der Waals surface area contributed by atoms with E-state index in [-0.39, 0.29) is 18.1 Å². The quantitative estimate of drug-likeness (QED) is 0.595. The topological polar surface area (TPSA) is 91.5 Å². The summed E-state index contributed by atoms with van der Waals surface area (Å²) in [7, 11) is 0. The van der Waals surface area contributed by atoms with Gasteiger partial charge in [-0.05, 0) is 56.4 Å². The number of amides is 1. The van der Waals surface area contributed by atoms with Crippen LogP contribution in [0.15, 0.2) is 36.7 Å². The van der Waals surface area contributed by atoms with Gasteiger partial charge in [-0.2, -0.15) is 5.10 Å². The molecule has 0 radical (unpaired) electrons. The second-order valence-corrected chi connectivity index (χ2v) is 7.69. The lowest BCUT2D eigenvalue weighted by atomic mass is 9.93. The molecular weight excluding hydrogens is 392 g/mol. The molecule has 158 valence electrons. The normalized spacial score (nSPS) is 20.1. The van der Waals surface area contributed by atoms with Crippen LogP contribution in [0.25, 0.3) is 5.65 Å². The first kappa shape index (κ1) is 20.2. The van der Waals surface area contributed by atoms with Crippen molar-refractivity contribution in [2.75, 3.05) is 5.32 Å². The SMILES string of the molecule is CC(Nc1ccn2ncc(C(=O)NC3CCC(O)CC3)c2n1)c1cc(F)cc(F)c1. The van der Waals surface area contributed by atoms with Crippen LogP contribution in [0.4, 0.5) is 14.6 Å². The molecule has 1 saturated carbocycles. The Morgan fingerprint density at radius 2 is 1.90 bits per heavy atom. The Bertz CT molecular complexity index is 1040. The minimum atomic E-state index is -0.646. The summed E-state index contributed by atoms with van der Waals surface area (Å²) in [4.78, 5) is 17.2. The molecule has 2 aromatic heterocycles. The van der Waals surface area contributed by atoms with Gasteiger partial charge in [0.15, 0.2) is 5.65 Å². The monoisotopic (exact) mass is 415 g/mol. The van der Waals surface area contributed by atoms with Gasteiger partial charge in [-0.25, -0.2) is 18.3 Å². The van der Waals surface area contributed by atoms with Crippen molar-refractivity contribution < 1.29 is 18.7 Å². The summed E-state index contributed by atoms with van der Waals surface area (Å²) in [6, 6.07) is 4.64. The van der Waals surface area contributed by atoms with Crippen molar-refractivity contribution in [3.05, 3.63) is 59.4 Å². The molecule has 4 rings (SSSR count). The van der Waals surface area contributed by atoms with E-state index in [1.807, 2.05) is 0 Å². The fourth-order valence-corrected chi connectivity index (χ4v) is 3.72. The van der Waals surface area contributed by atoms with Crippen molar-refractivity contribution in [3.63, 3.8) is 0 Å². The smallest absolute Gasteiger partial charge is 0.256 e. The molecule has 7 nitrogen and oxygen atoms in total. The van der Waals surface area contributed by atoms with Gasteiger partial charge >= 0.3 is 0 Å². The molecule has 0 bridgehead atoms. The highest BCUT2D eigenvalue weighted by molar-refractivity contribution is 5.99. The van der Waals surface area contributed by atoms with E-state index in [2.05, 4.69) is 20.7 Å². The number of carbonyl (C=O) groups excluding carboxylic acids is 1. The molecule has 1 aromatic carbocycles. The average molecular weight is 415 g/mol. The highest BCUT2D eigenvalue weighted by Gasteiger charge is 2.23. The van der Waals surface area contributed by atoms with Gasteiger partial charge in [0.05, 0.1) is 18.3 Å². The molecule has 1 aliphatic carbocycles. The van der Waals surface area contributed by atoms with Gasteiger partial charge in [0.25, 0.3) is 5.91 Å².